The molecule has 0 bridgehead atoms. The standard InChI is InChI=1S/C29H35ClFN3O3/c1-20-27(8-5-23(18-32)28(20)30)37-25-11-13-33(14-12-25)19-22-9-15-34(16-10-22)26(29(35)36-2)17-21-3-6-24(31)7-4-21/h3-8,22,25-26H,9-17,19H2,1-2H3/t26-/m0/s1. The van der Waals surface area contributed by atoms with Gasteiger partial charge in [0.2, 0.25) is 0 Å². The van der Waals surface area contributed by atoms with Crippen molar-refractivity contribution >= 4 is 17.6 Å². The van der Waals surface area contributed by atoms with Crippen molar-refractivity contribution in [3.05, 3.63) is 63.9 Å². The summed E-state index contributed by atoms with van der Waals surface area (Å²) in [7, 11) is 1.43. The highest BCUT2D eigenvalue weighted by molar-refractivity contribution is 6.32. The number of hydrogen-bond acceptors (Lipinski definition) is 6. The van der Waals surface area contributed by atoms with E-state index in [9.17, 15) is 9.18 Å². The molecule has 0 aromatic heterocycles. The number of nitrogens with zero attached hydrogens (tertiary/aromatic N) is 3. The Hall–Kier alpha value is -2.66. The Morgan fingerprint density at radius 3 is 2.41 bits per heavy atom. The van der Waals surface area contributed by atoms with Crippen LogP contribution in [0.25, 0.3) is 0 Å². The molecule has 2 aliphatic rings. The van der Waals surface area contributed by atoms with Gasteiger partial charge in [-0.3, -0.25) is 9.69 Å². The second kappa shape index (κ2) is 12.7. The predicted molar refractivity (Wildman–Crippen MR) is 141 cm³/mol. The molecule has 1 atom stereocenters. The second-order valence-electron chi connectivity index (χ2n) is 10.1. The van der Waals surface area contributed by atoms with Crippen LogP contribution < -0.4 is 4.74 Å². The number of esters is 1. The molecule has 2 aromatic carbocycles. The van der Waals surface area contributed by atoms with Crippen molar-refractivity contribution in [1.82, 2.24) is 9.80 Å². The monoisotopic (exact) mass is 527 g/mol. The van der Waals surface area contributed by atoms with Crippen LogP contribution in [0.5, 0.6) is 5.75 Å². The van der Waals surface area contributed by atoms with Crippen molar-refractivity contribution in [2.75, 3.05) is 39.8 Å². The molecule has 0 unspecified atom stereocenters. The Morgan fingerprint density at radius 1 is 1.11 bits per heavy atom. The van der Waals surface area contributed by atoms with Gasteiger partial charge < -0.3 is 14.4 Å². The van der Waals surface area contributed by atoms with Crippen molar-refractivity contribution < 1.29 is 18.7 Å². The lowest BCUT2D eigenvalue weighted by molar-refractivity contribution is -0.147. The van der Waals surface area contributed by atoms with E-state index in [1.165, 1.54) is 19.2 Å². The average molecular weight is 528 g/mol. The molecule has 2 aliphatic heterocycles. The zero-order chi connectivity index (χ0) is 26.4. The van der Waals surface area contributed by atoms with E-state index in [0.29, 0.717) is 22.9 Å². The van der Waals surface area contributed by atoms with Crippen molar-refractivity contribution in [2.45, 2.75) is 51.2 Å². The molecule has 0 aliphatic carbocycles. The molecule has 2 saturated heterocycles. The van der Waals surface area contributed by atoms with Crippen LogP contribution in [0.2, 0.25) is 5.02 Å². The zero-order valence-electron chi connectivity index (χ0n) is 21.6. The first-order valence-electron chi connectivity index (χ1n) is 13.0. The minimum absolute atomic E-state index is 0.146. The molecule has 6 nitrogen and oxygen atoms in total. The third kappa shape index (κ3) is 7.01. The van der Waals surface area contributed by atoms with Gasteiger partial charge in [0.15, 0.2) is 0 Å². The highest BCUT2D eigenvalue weighted by Crippen LogP contribution is 2.31. The summed E-state index contributed by atoms with van der Waals surface area (Å²) in [6, 6.07) is 11.7. The number of piperidine rings is 2. The van der Waals surface area contributed by atoms with Gasteiger partial charge in [0.1, 0.15) is 29.8 Å². The lowest BCUT2D eigenvalue weighted by Gasteiger charge is -2.39. The van der Waals surface area contributed by atoms with Gasteiger partial charge >= 0.3 is 5.97 Å². The van der Waals surface area contributed by atoms with Gasteiger partial charge in [0.05, 0.1) is 17.7 Å². The fraction of sp³-hybridized carbons (Fsp3) is 0.517. The lowest BCUT2D eigenvalue weighted by Crippen LogP contribution is -2.49. The molecular formula is C29H35ClFN3O3. The van der Waals surface area contributed by atoms with Gasteiger partial charge in [-0.25, -0.2) is 4.39 Å². The Labute approximate surface area is 223 Å². The minimum atomic E-state index is -0.344. The third-order valence-corrected chi connectivity index (χ3v) is 8.19. The summed E-state index contributed by atoms with van der Waals surface area (Å²) >= 11 is 6.30. The first-order valence-corrected chi connectivity index (χ1v) is 13.4. The topological polar surface area (TPSA) is 65.8 Å². The highest BCUT2D eigenvalue weighted by Gasteiger charge is 2.32. The first kappa shape index (κ1) is 27.4. The van der Waals surface area contributed by atoms with Crippen LogP contribution >= 0.6 is 11.6 Å². The van der Waals surface area contributed by atoms with Crippen LogP contribution in [0, 0.1) is 30.0 Å². The van der Waals surface area contributed by atoms with Crippen LogP contribution in [0.1, 0.15) is 42.4 Å². The van der Waals surface area contributed by atoms with Crippen LogP contribution in [0.15, 0.2) is 36.4 Å². The van der Waals surface area contributed by atoms with Crippen molar-refractivity contribution in [2.24, 2.45) is 5.92 Å². The number of ether oxygens (including phenoxy) is 2. The molecule has 37 heavy (non-hydrogen) atoms. The van der Waals surface area contributed by atoms with E-state index in [2.05, 4.69) is 15.9 Å². The van der Waals surface area contributed by atoms with Crippen molar-refractivity contribution in [3.63, 3.8) is 0 Å². The van der Waals surface area contributed by atoms with E-state index in [4.69, 9.17) is 26.3 Å². The number of hydrogen-bond donors (Lipinski definition) is 0. The summed E-state index contributed by atoms with van der Waals surface area (Å²) < 4.78 is 24.6. The van der Waals surface area contributed by atoms with Gasteiger partial charge in [0, 0.05) is 25.2 Å². The molecule has 0 radical (unpaired) electrons. The number of methoxy groups -OCH3 is 1. The molecule has 8 heteroatoms. The van der Waals surface area contributed by atoms with Gasteiger partial charge in [0.25, 0.3) is 0 Å². The number of carbonyl (C=O) groups is 1. The number of carbonyl (C=O) groups excluding carboxylic acids is 1. The molecule has 0 spiro atoms. The Morgan fingerprint density at radius 2 is 1.78 bits per heavy atom. The van der Waals surface area contributed by atoms with E-state index in [1.54, 1.807) is 18.2 Å². The minimum Gasteiger partial charge on any atom is -0.490 e. The Kier molecular flexibility index (Phi) is 9.42. The lowest BCUT2D eigenvalue weighted by atomic mass is 9.93. The van der Waals surface area contributed by atoms with E-state index < -0.39 is 0 Å². The van der Waals surface area contributed by atoms with Gasteiger partial charge in [-0.2, -0.15) is 5.26 Å². The summed E-state index contributed by atoms with van der Waals surface area (Å²) in [6.45, 7) is 6.63. The molecule has 2 aromatic rings. The Bertz CT molecular complexity index is 1100. The Balaban J connectivity index is 1.23. The summed E-state index contributed by atoms with van der Waals surface area (Å²) in [5.41, 5.74) is 2.22. The van der Waals surface area contributed by atoms with E-state index in [0.717, 1.165) is 75.3 Å². The van der Waals surface area contributed by atoms with Crippen molar-refractivity contribution in [3.8, 4) is 11.8 Å². The summed E-state index contributed by atoms with van der Waals surface area (Å²) in [4.78, 5) is 17.3. The van der Waals surface area contributed by atoms with Gasteiger partial charge in [-0.1, -0.05) is 23.7 Å². The summed E-state index contributed by atoms with van der Waals surface area (Å²) in [5, 5.41) is 9.62. The molecule has 198 valence electrons. The van der Waals surface area contributed by atoms with Gasteiger partial charge in [-0.15, -0.1) is 0 Å². The molecule has 0 amide bonds. The largest absolute Gasteiger partial charge is 0.490 e. The number of nitriles is 1. The number of benzene rings is 2. The molecule has 0 saturated carbocycles. The summed E-state index contributed by atoms with van der Waals surface area (Å²) in [6.07, 6.45) is 4.66. The predicted octanol–water partition coefficient (Wildman–Crippen LogP) is 5.00. The summed E-state index contributed by atoms with van der Waals surface area (Å²) in [5.74, 6) is 0.847. The number of likely N-dealkylation sites (tertiary alicyclic amines) is 2. The fourth-order valence-electron chi connectivity index (χ4n) is 5.42. The maximum Gasteiger partial charge on any atom is 0.323 e. The second-order valence-corrected chi connectivity index (χ2v) is 10.5. The van der Waals surface area contributed by atoms with Crippen LogP contribution in [0.4, 0.5) is 4.39 Å². The van der Waals surface area contributed by atoms with Crippen LogP contribution in [-0.2, 0) is 16.0 Å². The highest BCUT2D eigenvalue weighted by atomic mass is 35.5. The molecule has 2 heterocycles. The first-order chi connectivity index (χ1) is 17.9. The molecule has 4 rings (SSSR count). The van der Waals surface area contributed by atoms with Crippen LogP contribution in [0.3, 0.4) is 0 Å². The maximum atomic E-state index is 13.3. The maximum absolute atomic E-state index is 13.3. The quantitative estimate of drug-likeness (QED) is 0.450. The molecular weight excluding hydrogens is 493 g/mol. The third-order valence-electron chi connectivity index (χ3n) is 7.71. The smallest absolute Gasteiger partial charge is 0.323 e. The van der Waals surface area contributed by atoms with E-state index >= 15 is 0 Å². The zero-order valence-corrected chi connectivity index (χ0v) is 22.3. The fourth-order valence-corrected chi connectivity index (χ4v) is 5.62. The van der Waals surface area contributed by atoms with E-state index in [1.807, 2.05) is 13.0 Å². The number of rotatable bonds is 8. The van der Waals surface area contributed by atoms with Crippen molar-refractivity contribution in [1.29, 1.82) is 5.26 Å². The normalized spacial score (nSPS) is 18.8. The molecule has 2 fully saturated rings. The SMILES string of the molecule is COC(=O)[C@H](Cc1ccc(F)cc1)N1CCC(CN2CCC(Oc3ccc(C#N)c(Cl)c3C)CC2)CC1. The van der Waals surface area contributed by atoms with E-state index in [-0.39, 0.29) is 23.9 Å². The molecule has 0 N–H and O–H groups in total. The number of halogens is 2. The average Bonchev–Trinajstić information content (AvgIpc) is 2.92. The van der Waals surface area contributed by atoms with Crippen LogP contribution in [-0.4, -0.2) is 67.7 Å². The van der Waals surface area contributed by atoms with Gasteiger partial charge in [-0.05, 0) is 87.9 Å².